The van der Waals surface area contributed by atoms with Gasteiger partial charge < -0.3 is 11.5 Å². The van der Waals surface area contributed by atoms with Crippen molar-refractivity contribution in [2.24, 2.45) is 11.5 Å². The fourth-order valence-electron chi connectivity index (χ4n) is 1.44. The van der Waals surface area contributed by atoms with E-state index in [2.05, 4.69) is 0 Å². The molecule has 0 aliphatic heterocycles. The lowest BCUT2D eigenvalue weighted by atomic mass is 10.3. The summed E-state index contributed by atoms with van der Waals surface area (Å²) >= 11 is 1.95. The first-order valence-corrected chi connectivity index (χ1v) is 5.38. The van der Waals surface area contributed by atoms with E-state index in [4.69, 9.17) is 11.5 Å². The number of hydrogen-bond acceptors (Lipinski definition) is 3. The Bertz CT molecular complexity index is 117. The van der Waals surface area contributed by atoms with Crippen LogP contribution in [0.4, 0.5) is 0 Å². The van der Waals surface area contributed by atoms with Gasteiger partial charge in [0.2, 0.25) is 0 Å². The third-order valence-corrected chi connectivity index (χ3v) is 3.81. The molecule has 0 aromatic heterocycles. The Morgan fingerprint density at radius 3 is 2.73 bits per heavy atom. The zero-order chi connectivity index (χ0) is 8.27. The molecule has 1 saturated carbocycles. The minimum atomic E-state index is 0.313. The molecular formula is C8H18N2S. The molecule has 3 atom stereocenters. The number of nitrogens with two attached hydrogens (primary N) is 2. The molecule has 0 aromatic carbocycles. The predicted molar refractivity (Wildman–Crippen MR) is 51.7 cm³/mol. The first kappa shape index (κ1) is 9.36. The second-order valence-corrected chi connectivity index (χ2v) is 4.72. The largest absolute Gasteiger partial charge is 0.327 e. The van der Waals surface area contributed by atoms with E-state index in [0.717, 1.165) is 5.75 Å². The molecule has 1 fully saturated rings. The van der Waals surface area contributed by atoms with E-state index in [9.17, 15) is 0 Å². The highest BCUT2D eigenvalue weighted by atomic mass is 32.2. The lowest BCUT2D eigenvalue weighted by molar-refractivity contribution is 0.714. The van der Waals surface area contributed by atoms with Crippen molar-refractivity contribution in [1.29, 1.82) is 0 Å². The maximum Gasteiger partial charge on any atom is 0.0199 e. The fourth-order valence-corrected chi connectivity index (χ4v) is 2.70. The van der Waals surface area contributed by atoms with E-state index in [0.29, 0.717) is 17.3 Å². The van der Waals surface area contributed by atoms with Crippen molar-refractivity contribution in [3.8, 4) is 0 Å². The van der Waals surface area contributed by atoms with E-state index in [1.165, 1.54) is 19.3 Å². The van der Waals surface area contributed by atoms with Gasteiger partial charge in [-0.15, -0.1) is 0 Å². The third-order valence-electron chi connectivity index (χ3n) is 2.08. The molecule has 11 heavy (non-hydrogen) atoms. The van der Waals surface area contributed by atoms with Crippen molar-refractivity contribution < 1.29 is 0 Å². The maximum absolute atomic E-state index is 5.90. The molecule has 0 aromatic rings. The Morgan fingerprint density at radius 2 is 2.27 bits per heavy atom. The van der Waals surface area contributed by atoms with Crippen LogP contribution < -0.4 is 11.5 Å². The summed E-state index contributed by atoms with van der Waals surface area (Å²) in [7, 11) is 0. The summed E-state index contributed by atoms with van der Waals surface area (Å²) in [5.41, 5.74) is 11.6. The molecule has 1 aliphatic rings. The number of hydrogen-bond donors (Lipinski definition) is 2. The number of rotatable bonds is 3. The van der Waals surface area contributed by atoms with E-state index in [1.54, 1.807) is 0 Å². The van der Waals surface area contributed by atoms with Crippen LogP contribution >= 0.6 is 11.8 Å². The molecule has 66 valence electrons. The molecule has 1 rings (SSSR count). The monoisotopic (exact) mass is 174 g/mol. The van der Waals surface area contributed by atoms with Crippen LogP contribution in [0.5, 0.6) is 0 Å². The van der Waals surface area contributed by atoms with E-state index < -0.39 is 0 Å². The topological polar surface area (TPSA) is 52.0 Å². The van der Waals surface area contributed by atoms with Crippen LogP contribution in [0.25, 0.3) is 0 Å². The average Bonchev–Trinajstić information content (AvgIpc) is 2.31. The summed E-state index contributed by atoms with van der Waals surface area (Å²) in [5, 5.41) is 0.681. The minimum Gasteiger partial charge on any atom is -0.327 e. The van der Waals surface area contributed by atoms with Crippen LogP contribution in [0, 0.1) is 0 Å². The zero-order valence-electron chi connectivity index (χ0n) is 7.12. The highest BCUT2D eigenvalue weighted by Gasteiger charge is 2.23. The van der Waals surface area contributed by atoms with Crippen molar-refractivity contribution in [2.75, 3.05) is 5.75 Å². The Hall–Kier alpha value is 0.270. The molecule has 0 amide bonds. The van der Waals surface area contributed by atoms with Crippen molar-refractivity contribution in [3.63, 3.8) is 0 Å². The van der Waals surface area contributed by atoms with Gasteiger partial charge in [-0.25, -0.2) is 0 Å². The highest BCUT2D eigenvalue weighted by Crippen LogP contribution is 2.28. The lowest BCUT2D eigenvalue weighted by Gasteiger charge is -2.15. The van der Waals surface area contributed by atoms with E-state index in [1.807, 2.05) is 18.7 Å². The van der Waals surface area contributed by atoms with Crippen LogP contribution in [0.15, 0.2) is 0 Å². The van der Waals surface area contributed by atoms with Crippen LogP contribution in [0.3, 0.4) is 0 Å². The molecular weight excluding hydrogens is 156 g/mol. The van der Waals surface area contributed by atoms with Gasteiger partial charge in [-0.2, -0.15) is 11.8 Å². The van der Waals surface area contributed by atoms with Gasteiger partial charge in [0.1, 0.15) is 0 Å². The van der Waals surface area contributed by atoms with Gasteiger partial charge >= 0.3 is 0 Å². The molecule has 1 aliphatic carbocycles. The van der Waals surface area contributed by atoms with Crippen molar-refractivity contribution in [1.82, 2.24) is 0 Å². The maximum atomic E-state index is 5.90. The normalized spacial score (nSPS) is 34.1. The minimum absolute atomic E-state index is 0.313. The first-order chi connectivity index (χ1) is 5.20. The van der Waals surface area contributed by atoms with Crippen LogP contribution in [0.1, 0.15) is 26.2 Å². The molecule has 3 unspecified atom stereocenters. The number of thioether (sulfide) groups is 1. The zero-order valence-corrected chi connectivity index (χ0v) is 7.94. The van der Waals surface area contributed by atoms with Gasteiger partial charge in [0.15, 0.2) is 0 Å². The quantitative estimate of drug-likeness (QED) is 0.669. The summed E-state index contributed by atoms with van der Waals surface area (Å²) < 4.78 is 0. The van der Waals surface area contributed by atoms with Crippen LogP contribution in [0.2, 0.25) is 0 Å². The van der Waals surface area contributed by atoms with Crippen molar-refractivity contribution in [2.45, 2.75) is 43.5 Å². The van der Waals surface area contributed by atoms with Gasteiger partial charge in [-0.3, -0.25) is 0 Å². The molecule has 3 heteroatoms. The molecule has 0 bridgehead atoms. The van der Waals surface area contributed by atoms with Crippen LogP contribution in [-0.2, 0) is 0 Å². The van der Waals surface area contributed by atoms with Crippen molar-refractivity contribution in [3.05, 3.63) is 0 Å². The Labute approximate surface area is 73.1 Å². The highest BCUT2D eigenvalue weighted by molar-refractivity contribution is 8.00. The smallest absolute Gasteiger partial charge is 0.0199 e. The summed E-state index contributed by atoms with van der Waals surface area (Å²) in [4.78, 5) is 0. The summed E-state index contributed by atoms with van der Waals surface area (Å²) in [6, 6.07) is 0.742. The average molecular weight is 174 g/mol. The third kappa shape index (κ3) is 3.01. The van der Waals surface area contributed by atoms with E-state index in [-0.39, 0.29) is 0 Å². The second kappa shape index (κ2) is 4.33. The Kier molecular flexibility index (Phi) is 3.69. The fraction of sp³-hybridized carbons (Fsp3) is 1.00. The second-order valence-electron chi connectivity index (χ2n) is 3.44. The predicted octanol–water partition coefficient (Wildman–Crippen LogP) is 0.947. The standard InChI is InChI=1S/C8H18N2S/c1-6(9)5-11-8-4-2-3-7(8)10/h6-8H,2-5,9-10H2,1H3. The molecule has 4 N–H and O–H groups in total. The first-order valence-electron chi connectivity index (χ1n) is 4.33. The van der Waals surface area contributed by atoms with Crippen LogP contribution in [-0.4, -0.2) is 23.1 Å². The molecule has 0 saturated heterocycles. The SMILES string of the molecule is CC(N)CSC1CCCC1N. The molecule has 0 radical (unpaired) electrons. The van der Waals surface area contributed by atoms with E-state index >= 15 is 0 Å². The van der Waals surface area contributed by atoms with Gasteiger partial charge in [0.25, 0.3) is 0 Å². The summed E-state index contributed by atoms with van der Waals surface area (Å²) in [6.45, 7) is 2.05. The molecule has 0 spiro atoms. The summed E-state index contributed by atoms with van der Waals surface area (Å²) in [5.74, 6) is 1.05. The molecule has 0 heterocycles. The van der Waals surface area contributed by atoms with Crippen molar-refractivity contribution >= 4 is 11.8 Å². The summed E-state index contributed by atoms with van der Waals surface area (Å²) in [6.07, 6.45) is 3.80. The van der Waals surface area contributed by atoms with Gasteiger partial charge in [0.05, 0.1) is 0 Å². The Morgan fingerprint density at radius 1 is 1.55 bits per heavy atom. The molecule has 2 nitrogen and oxygen atoms in total. The lowest BCUT2D eigenvalue weighted by Crippen LogP contribution is -2.29. The van der Waals surface area contributed by atoms with Gasteiger partial charge in [-0.1, -0.05) is 6.42 Å². The van der Waals surface area contributed by atoms with Gasteiger partial charge in [0, 0.05) is 23.1 Å². The Balaban J connectivity index is 2.15. The van der Waals surface area contributed by atoms with Gasteiger partial charge in [-0.05, 0) is 19.8 Å².